The third kappa shape index (κ3) is 2.45. The molecule has 3 aromatic carbocycles. The molecule has 0 aliphatic carbocycles. The molecular formula is C21H19NO2S. The summed E-state index contributed by atoms with van der Waals surface area (Å²) in [4.78, 5) is 2.54. The van der Waals surface area contributed by atoms with E-state index in [0.717, 1.165) is 17.1 Å². The summed E-state index contributed by atoms with van der Waals surface area (Å²) >= 11 is 0. The maximum atomic E-state index is 11.2. The second-order valence-electron chi connectivity index (χ2n) is 6.77. The lowest BCUT2D eigenvalue weighted by Crippen LogP contribution is -2.30. The van der Waals surface area contributed by atoms with Gasteiger partial charge in [0.2, 0.25) is 0 Å². The molecule has 3 nitrogen and oxygen atoms in total. The Balaban J connectivity index is 1.97. The van der Waals surface area contributed by atoms with E-state index in [1.807, 2.05) is 24.3 Å². The average molecular weight is 349 g/mol. The van der Waals surface area contributed by atoms with E-state index < -0.39 is 10.7 Å². The quantitative estimate of drug-likeness (QED) is 0.678. The van der Waals surface area contributed by atoms with Crippen molar-refractivity contribution in [1.29, 1.82) is 0 Å². The van der Waals surface area contributed by atoms with Crippen LogP contribution in [0.3, 0.4) is 0 Å². The fraction of sp³-hybridized carbons (Fsp3) is 0.143. The maximum Gasteiger partial charge on any atom is 0.168 e. The van der Waals surface area contributed by atoms with Crippen molar-refractivity contribution in [2.75, 3.05) is 4.90 Å². The van der Waals surface area contributed by atoms with Crippen molar-refractivity contribution in [2.24, 2.45) is 0 Å². The number of para-hydroxylation sites is 2. The molecule has 25 heavy (non-hydrogen) atoms. The summed E-state index contributed by atoms with van der Waals surface area (Å²) in [6, 6.07) is 23.8. The molecule has 126 valence electrons. The Labute approximate surface area is 149 Å². The molecule has 1 aliphatic heterocycles. The number of hydrogen-bond acceptors (Lipinski definition) is 3. The second kappa shape index (κ2) is 5.74. The number of fused-ring (bicyclic) bond motifs is 2. The first kappa shape index (κ1) is 15.9. The smallest absolute Gasteiger partial charge is 0.168 e. The fourth-order valence-electron chi connectivity index (χ4n) is 3.67. The van der Waals surface area contributed by atoms with Crippen molar-refractivity contribution in [3.63, 3.8) is 0 Å². The van der Waals surface area contributed by atoms with Crippen LogP contribution in [0.2, 0.25) is 0 Å². The first-order valence-electron chi connectivity index (χ1n) is 8.24. The van der Waals surface area contributed by atoms with Gasteiger partial charge in [0.1, 0.15) is 0 Å². The molecule has 0 N–H and O–H groups in total. The van der Waals surface area contributed by atoms with Gasteiger partial charge in [-0.05, 0) is 47.5 Å². The highest BCUT2D eigenvalue weighted by Gasteiger charge is 2.36. The van der Waals surface area contributed by atoms with Gasteiger partial charge in [0.15, 0.2) is 10.7 Å². The molecule has 0 saturated carbocycles. The highest BCUT2D eigenvalue weighted by atomic mass is 32.2. The summed E-state index contributed by atoms with van der Waals surface area (Å²) < 4.78 is 22.4. The van der Waals surface area contributed by atoms with Crippen LogP contribution in [-0.2, 0) is 16.1 Å². The molecule has 0 saturated heterocycles. The Morgan fingerprint density at radius 1 is 0.720 bits per heavy atom. The Kier molecular flexibility index (Phi) is 3.65. The van der Waals surface area contributed by atoms with Gasteiger partial charge in [0.05, 0.1) is 16.3 Å². The summed E-state index contributed by atoms with van der Waals surface area (Å²) in [5, 5.41) is 0. The monoisotopic (exact) mass is 349 g/mol. The SMILES string of the molecule is CC1(C)c2ccccc2N(c2ccc([SH](=O)=O)cc2)c2ccccc21. The van der Waals surface area contributed by atoms with Crippen molar-refractivity contribution in [3.05, 3.63) is 83.9 Å². The minimum absolute atomic E-state index is 0.0953. The Bertz CT molecular complexity index is 963. The third-order valence-corrected chi connectivity index (χ3v) is 5.68. The van der Waals surface area contributed by atoms with Crippen molar-refractivity contribution in [3.8, 4) is 0 Å². The Hall–Kier alpha value is -2.59. The highest BCUT2D eigenvalue weighted by molar-refractivity contribution is 7.72. The lowest BCUT2D eigenvalue weighted by atomic mass is 9.73. The van der Waals surface area contributed by atoms with Crippen molar-refractivity contribution in [2.45, 2.75) is 24.2 Å². The second-order valence-corrected chi connectivity index (χ2v) is 7.80. The molecule has 1 heterocycles. The van der Waals surface area contributed by atoms with Gasteiger partial charge < -0.3 is 4.90 Å². The minimum atomic E-state index is -2.56. The molecule has 0 radical (unpaired) electrons. The molecule has 0 amide bonds. The van der Waals surface area contributed by atoms with E-state index in [1.165, 1.54) is 11.1 Å². The summed E-state index contributed by atoms with van der Waals surface area (Å²) in [5.41, 5.74) is 5.63. The van der Waals surface area contributed by atoms with Crippen LogP contribution in [0.25, 0.3) is 0 Å². The number of rotatable bonds is 2. The maximum absolute atomic E-state index is 11.2. The number of thiol groups is 1. The molecule has 0 aromatic heterocycles. The van der Waals surface area contributed by atoms with E-state index in [4.69, 9.17) is 0 Å². The average Bonchev–Trinajstić information content (AvgIpc) is 2.62. The number of anilines is 3. The van der Waals surface area contributed by atoms with Crippen LogP contribution in [-0.4, -0.2) is 8.42 Å². The Morgan fingerprint density at radius 2 is 1.20 bits per heavy atom. The summed E-state index contributed by atoms with van der Waals surface area (Å²) in [5.74, 6) is 0. The molecule has 0 bridgehead atoms. The van der Waals surface area contributed by atoms with Crippen LogP contribution in [0, 0.1) is 0 Å². The van der Waals surface area contributed by atoms with Gasteiger partial charge in [-0.3, -0.25) is 0 Å². The lowest BCUT2D eigenvalue weighted by Gasteiger charge is -2.42. The zero-order valence-corrected chi connectivity index (χ0v) is 15.0. The predicted octanol–water partition coefficient (Wildman–Crippen LogP) is 4.77. The first-order chi connectivity index (χ1) is 12.0. The minimum Gasteiger partial charge on any atom is -0.310 e. The Morgan fingerprint density at radius 3 is 1.68 bits per heavy atom. The van der Waals surface area contributed by atoms with Gasteiger partial charge in [-0.25, -0.2) is 8.42 Å². The van der Waals surface area contributed by atoms with Crippen LogP contribution in [0.15, 0.2) is 77.7 Å². The van der Waals surface area contributed by atoms with E-state index in [9.17, 15) is 8.42 Å². The number of nitrogens with zero attached hydrogens (tertiary/aromatic N) is 1. The zero-order valence-electron chi connectivity index (χ0n) is 14.1. The largest absolute Gasteiger partial charge is 0.310 e. The van der Waals surface area contributed by atoms with Crippen LogP contribution in [0.4, 0.5) is 17.1 Å². The molecule has 0 unspecified atom stereocenters. The third-order valence-electron chi connectivity index (χ3n) is 4.96. The van der Waals surface area contributed by atoms with Gasteiger partial charge in [-0.1, -0.05) is 50.2 Å². The van der Waals surface area contributed by atoms with Gasteiger partial charge in [0, 0.05) is 11.1 Å². The molecular weight excluding hydrogens is 330 g/mol. The number of hydrogen-bond donors (Lipinski definition) is 1. The van der Waals surface area contributed by atoms with Crippen molar-refractivity contribution < 1.29 is 8.42 Å². The predicted molar refractivity (Wildman–Crippen MR) is 102 cm³/mol. The van der Waals surface area contributed by atoms with Crippen molar-refractivity contribution in [1.82, 2.24) is 0 Å². The van der Waals surface area contributed by atoms with Crippen LogP contribution in [0.5, 0.6) is 0 Å². The molecule has 1 aliphatic rings. The van der Waals surface area contributed by atoms with Crippen LogP contribution < -0.4 is 4.90 Å². The van der Waals surface area contributed by atoms with Gasteiger partial charge in [-0.2, -0.15) is 0 Å². The van der Waals surface area contributed by atoms with Gasteiger partial charge in [0.25, 0.3) is 0 Å². The fourth-order valence-corrected chi connectivity index (χ4v) is 4.06. The first-order valence-corrected chi connectivity index (χ1v) is 9.41. The summed E-state index contributed by atoms with van der Waals surface area (Å²) in [7, 11) is -2.56. The highest BCUT2D eigenvalue weighted by Crippen LogP contribution is 2.51. The molecule has 4 rings (SSSR count). The zero-order chi connectivity index (χ0) is 17.6. The normalized spacial score (nSPS) is 14.9. The van der Waals surface area contributed by atoms with E-state index in [-0.39, 0.29) is 5.41 Å². The van der Waals surface area contributed by atoms with Crippen LogP contribution in [0.1, 0.15) is 25.0 Å². The topological polar surface area (TPSA) is 37.4 Å². The molecule has 4 heteroatoms. The van der Waals surface area contributed by atoms with E-state index in [1.54, 1.807) is 12.1 Å². The standard InChI is InChI=1S/C21H19NO2S/c1-21(2)17-7-3-5-9-19(17)22(20-10-6-4-8-18(20)21)15-11-13-16(14-12-15)25(23)24/h3-14,25H,1-2H3. The van der Waals surface area contributed by atoms with E-state index in [2.05, 4.69) is 55.1 Å². The molecule has 0 atom stereocenters. The molecule has 0 fully saturated rings. The van der Waals surface area contributed by atoms with Crippen molar-refractivity contribution >= 4 is 27.8 Å². The number of benzene rings is 3. The molecule has 3 aromatic rings. The van der Waals surface area contributed by atoms with E-state index >= 15 is 0 Å². The van der Waals surface area contributed by atoms with Gasteiger partial charge >= 0.3 is 0 Å². The summed E-state index contributed by atoms with van der Waals surface area (Å²) in [6.07, 6.45) is 0. The van der Waals surface area contributed by atoms with Gasteiger partial charge in [-0.15, -0.1) is 0 Å². The summed E-state index contributed by atoms with van der Waals surface area (Å²) in [6.45, 7) is 4.49. The van der Waals surface area contributed by atoms with Crippen LogP contribution >= 0.6 is 0 Å². The lowest BCUT2D eigenvalue weighted by molar-refractivity contribution is 0.614. The molecule has 0 spiro atoms. The van der Waals surface area contributed by atoms with E-state index in [0.29, 0.717) is 4.90 Å².